The van der Waals surface area contributed by atoms with Gasteiger partial charge in [0.1, 0.15) is 5.82 Å². The van der Waals surface area contributed by atoms with Crippen molar-refractivity contribution in [1.29, 1.82) is 0 Å². The Bertz CT molecular complexity index is 1500. The number of hydrogen-bond acceptors (Lipinski definition) is 3. The molecule has 6 rings (SSSR count). The van der Waals surface area contributed by atoms with Crippen molar-refractivity contribution in [2.75, 3.05) is 13.1 Å². The summed E-state index contributed by atoms with van der Waals surface area (Å²) in [7, 11) is 0. The first-order valence-corrected chi connectivity index (χ1v) is 11.5. The maximum absolute atomic E-state index is 13.5. The molecule has 3 aromatic carbocycles. The van der Waals surface area contributed by atoms with Crippen molar-refractivity contribution >= 4 is 22.4 Å². The van der Waals surface area contributed by atoms with E-state index < -0.39 is 0 Å². The number of nitrogens with zero attached hydrogens (tertiary/aromatic N) is 4. The van der Waals surface area contributed by atoms with Gasteiger partial charge in [0.2, 0.25) is 5.82 Å². The molecule has 3 heterocycles. The molecule has 0 aliphatic carbocycles. The molecular weight excluding hydrogens is 441 g/mol. The van der Waals surface area contributed by atoms with E-state index in [1.165, 1.54) is 12.1 Å². The zero-order chi connectivity index (χ0) is 23.8. The minimum atomic E-state index is -0.266. The summed E-state index contributed by atoms with van der Waals surface area (Å²) in [4.78, 5) is 22.9. The number of fused-ring (bicyclic) bond motifs is 1. The fourth-order valence-electron chi connectivity index (χ4n) is 4.53. The lowest BCUT2D eigenvalue weighted by Crippen LogP contribution is -2.35. The predicted molar refractivity (Wildman–Crippen MR) is 134 cm³/mol. The third-order valence-corrected chi connectivity index (χ3v) is 6.32. The summed E-state index contributed by atoms with van der Waals surface area (Å²) in [5.74, 6) is 0.331. The number of aromatic amines is 1. The Labute approximate surface area is 201 Å². The Morgan fingerprint density at radius 1 is 0.971 bits per heavy atom. The summed E-state index contributed by atoms with van der Waals surface area (Å²) < 4.78 is 15.3. The summed E-state index contributed by atoms with van der Waals surface area (Å²) in [5.41, 5.74) is 4.68. The molecule has 6 nitrogen and oxygen atoms in total. The number of amides is 1. The first kappa shape index (κ1) is 21.0. The number of halogens is 1. The number of benzene rings is 3. The van der Waals surface area contributed by atoms with E-state index in [4.69, 9.17) is 0 Å². The third kappa shape index (κ3) is 3.91. The SMILES string of the molecule is O=C(c1nc(-c2ccccc2)n(-c2ccccc2)n1)N1CC=C(c2c[nH]c3cc(F)ccc23)CC1. The molecule has 1 N–H and O–H groups in total. The van der Waals surface area contributed by atoms with E-state index in [0.717, 1.165) is 33.3 Å². The molecule has 1 aliphatic heterocycles. The number of hydrogen-bond donors (Lipinski definition) is 1. The second kappa shape index (κ2) is 8.68. The zero-order valence-electron chi connectivity index (χ0n) is 18.9. The molecule has 0 radical (unpaired) electrons. The maximum Gasteiger partial charge on any atom is 0.293 e. The molecule has 5 aromatic rings. The van der Waals surface area contributed by atoms with Crippen LogP contribution in [0.2, 0.25) is 0 Å². The van der Waals surface area contributed by atoms with Crippen molar-refractivity contribution in [3.63, 3.8) is 0 Å². The van der Waals surface area contributed by atoms with E-state index >= 15 is 0 Å². The van der Waals surface area contributed by atoms with Crippen molar-refractivity contribution in [3.8, 4) is 17.1 Å². The van der Waals surface area contributed by atoms with Crippen molar-refractivity contribution < 1.29 is 9.18 Å². The van der Waals surface area contributed by atoms with Gasteiger partial charge >= 0.3 is 0 Å². The van der Waals surface area contributed by atoms with Crippen molar-refractivity contribution in [3.05, 3.63) is 108 Å². The second-order valence-corrected chi connectivity index (χ2v) is 8.50. The van der Waals surface area contributed by atoms with Gasteiger partial charge in [-0.1, -0.05) is 54.6 Å². The van der Waals surface area contributed by atoms with Gasteiger partial charge in [0.05, 0.1) is 5.69 Å². The predicted octanol–water partition coefficient (Wildman–Crippen LogP) is 5.48. The van der Waals surface area contributed by atoms with Crippen LogP contribution >= 0.6 is 0 Å². The number of carbonyl (C=O) groups excluding carboxylic acids is 1. The summed E-state index contributed by atoms with van der Waals surface area (Å²) in [6, 6.07) is 24.2. The highest BCUT2D eigenvalue weighted by molar-refractivity contribution is 5.94. The van der Waals surface area contributed by atoms with E-state index in [-0.39, 0.29) is 17.5 Å². The van der Waals surface area contributed by atoms with Crippen LogP contribution in [0.5, 0.6) is 0 Å². The average molecular weight is 464 g/mol. The molecule has 0 unspecified atom stereocenters. The van der Waals surface area contributed by atoms with Gasteiger partial charge < -0.3 is 9.88 Å². The fraction of sp³-hybridized carbons (Fsp3) is 0.107. The van der Waals surface area contributed by atoms with E-state index in [0.29, 0.717) is 25.3 Å². The molecular formula is C28H22FN5O. The molecule has 1 aliphatic rings. The van der Waals surface area contributed by atoms with Crippen molar-refractivity contribution in [2.24, 2.45) is 0 Å². The van der Waals surface area contributed by atoms with Crippen LogP contribution in [0.1, 0.15) is 22.6 Å². The number of carbonyl (C=O) groups is 1. The quantitative estimate of drug-likeness (QED) is 0.384. The van der Waals surface area contributed by atoms with Gasteiger partial charge in [0, 0.05) is 41.3 Å². The molecule has 35 heavy (non-hydrogen) atoms. The third-order valence-electron chi connectivity index (χ3n) is 6.32. The minimum Gasteiger partial charge on any atom is -0.360 e. The van der Waals surface area contributed by atoms with Crippen LogP contribution in [0.25, 0.3) is 33.6 Å². The van der Waals surface area contributed by atoms with Gasteiger partial charge in [0.25, 0.3) is 5.91 Å². The van der Waals surface area contributed by atoms with Gasteiger partial charge in [-0.25, -0.2) is 14.1 Å². The lowest BCUT2D eigenvalue weighted by atomic mass is 9.99. The van der Waals surface area contributed by atoms with Gasteiger partial charge in [-0.3, -0.25) is 4.79 Å². The molecule has 0 saturated heterocycles. The number of H-pyrrole nitrogens is 1. The van der Waals surface area contributed by atoms with Crippen molar-refractivity contribution in [2.45, 2.75) is 6.42 Å². The fourth-order valence-corrected chi connectivity index (χ4v) is 4.53. The molecule has 7 heteroatoms. The lowest BCUT2D eigenvalue weighted by molar-refractivity contribution is 0.0761. The van der Waals surface area contributed by atoms with Crippen LogP contribution < -0.4 is 0 Å². The van der Waals surface area contributed by atoms with E-state index in [1.807, 2.05) is 66.9 Å². The zero-order valence-corrected chi connectivity index (χ0v) is 18.9. The Balaban J connectivity index is 1.29. The van der Waals surface area contributed by atoms with Crippen LogP contribution in [-0.2, 0) is 0 Å². The summed E-state index contributed by atoms with van der Waals surface area (Å²) in [5, 5.41) is 5.58. The first-order chi connectivity index (χ1) is 17.2. The number of rotatable bonds is 4. The van der Waals surface area contributed by atoms with E-state index in [9.17, 15) is 9.18 Å². The topological polar surface area (TPSA) is 66.8 Å². The van der Waals surface area contributed by atoms with Crippen molar-refractivity contribution in [1.82, 2.24) is 24.6 Å². The molecule has 0 saturated carbocycles. The molecule has 2 aromatic heterocycles. The normalized spacial score (nSPS) is 13.7. The van der Waals surface area contributed by atoms with Gasteiger partial charge in [-0.2, -0.15) is 0 Å². The summed E-state index contributed by atoms with van der Waals surface area (Å²) in [6.07, 6.45) is 4.66. The molecule has 0 fully saturated rings. The Morgan fingerprint density at radius 2 is 1.74 bits per heavy atom. The molecule has 0 bridgehead atoms. The number of nitrogens with one attached hydrogen (secondary N) is 1. The lowest BCUT2D eigenvalue weighted by Gasteiger charge is -2.25. The second-order valence-electron chi connectivity index (χ2n) is 8.50. The van der Waals surface area contributed by atoms with Crippen LogP contribution in [-0.4, -0.2) is 43.6 Å². The Kier molecular flexibility index (Phi) is 5.22. The first-order valence-electron chi connectivity index (χ1n) is 11.5. The smallest absolute Gasteiger partial charge is 0.293 e. The van der Waals surface area contributed by atoms with Crippen LogP contribution in [0.15, 0.2) is 91.1 Å². The molecule has 0 atom stereocenters. The van der Waals surface area contributed by atoms with Gasteiger partial charge in [-0.05, 0) is 42.3 Å². The van der Waals surface area contributed by atoms with Gasteiger partial charge in [-0.15, -0.1) is 5.10 Å². The Hall–Kier alpha value is -4.52. The van der Waals surface area contributed by atoms with Crippen LogP contribution in [0.4, 0.5) is 4.39 Å². The summed E-state index contributed by atoms with van der Waals surface area (Å²) in [6.45, 7) is 1.02. The number of para-hydroxylation sites is 1. The maximum atomic E-state index is 13.5. The van der Waals surface area contributed by atoms with Crippen LogP contribution in [0.3, 0.4) is 0 Å². The van der Waals surface area contributed by atoms with Gasteiger partial charge in [0.15, 0.2) is 5.82 Å². The van der Waals surface area contributed by atoms with E-state index in [1.54, 1.807) is 15.6 Å². The highest BCUT2D eigenvalue weighted by atomic mass is 19.1. The standard InChI is InChI=1S/C28H22FN5O/c29-21-11-12-23-24(18-30-25(23)17-21)19-13-15-33(16-14-19)28(35)26-31-27(20-7-3-1-4-8-20)34(32-26)22-9-5-2-6-10-22/h1-13,17-18,30H,14-16H2. The molecule has 1 amide bonds. The highest BCUT2D eigenvalue weighted by Gasteiger charge is 2.25. The highest BCUT2D eigenvalue weighted by Crippen LogP contribution is 2.30. The largest absolute Gasteiger partial charge is 0.360 e. The summed E-state index contributed by atoms with van der Waals surface area (Å²) >= 11 is 0. The average Bonchev–Trinajstić information content (AvgIpc) is 3.54. The monoisotopic (exact) mass is 463 g/mol. The number of aromatic nitrogens is 4. The molecule has 172 valence electrons. The Morgan fingerprint density at radius 3 is 2.49 bits per heavy atom. The molecule has 0 spiro atoms. The van der Waals surface area contributed by atoms with E-state index in [2.05, 4.69) is 21.1 Å². The van der Waals surface area contributed by atoms with Crippen LogP contribution in [0, 0.1) is 5.82 Å². The minimum absolute atomic E-state index is 0.173.